The third-order valence-corrected chi connectivity index (χ3v) is 3.57. The Labute approximate surface area is 55.5 Å². The van der Waals surface area contributed by atoms with Crippen molar-refractivity contribution in [2.45, 2.75) is 12.8 Å². The number of rotatable bonds is 3. The van der Waals surface area contributed by atoms with Crippen molar-refractivity contribution in [3.63, 3.8) is 0 Å². The van der Waals surface area contributed by atoms with Gasteiger partial charge in [-0.2, -0.15) is 0 Å². The van der Waals surface area contributed by atoms with E-state index in [1.165, 1.54) is 17.3 Å². The first-order valence-corrected chi connectivity index (χ1v) is 5.29. The van der Waals surface area contributed by atoms with Crippen LogP contribution in [0.5, 0.6) is 0 Å². The first-order chi connectivity index (χ1) is 3.43. The van der Waals surface area contributed by atoms with Crippen molar-refractivity contribution < 1.29 is 21.5 Å². The molecule has 1 saturated carbocycles. The predicted molar refractivity (Wildman–Crippen MR) is 26.7 cm³/mol. The average molecular weight is 212 g/mol. The Hall–Kier alpha value is 0.690. The van der Waals surface area contributed by atoms with E-state index >= 15 is 0 Å². The molecule has 0 spiro atoms. The van der Waals surface area contributed by atoms with Crippen molar-refractivity contribution in [3.05, 3.63) is 0 Å². The van der Waals surface area contributed by atoms with Gasteiger partial charge in [-0.25, -0.2) is 0 Å². The molecule has 1 N–H and O–H groups in total. The molecular weight excluding hydrogens is 201 g/mol. The van der Waals surface area contributed by atoms with Crippen LogP contribution in [-0.2, 0) is 0 Å². The maximum absolute atomic E-state index is 3.25. The number of hydrogen-bond acceptors (Lipinski definition) is 1. The summed E-state index contributed by atoms with van der Waals surface area (Å²) < 4.78 is 4.76. The molecule has 1 nitrogen and oxygen atoms in total. The number of hydrogen-bond donors (Lipinski definition) is 1. The molecule has 0 aliphatic heterocycles. The van der Waals surface area contributed by atoms with Crippen LogP contribution >= 0.6 is 0 Å². The number of alkyl halides is 1. The quantitative estimate of drug-likeness (QED) is 0.313. The zero-order chi connectivity index (χ0) is 5.11. The molecule has 0 atom stereocenters. The molecule has 1 aliphatic rings. The van der Waals surface area contributed by atoms with Crippen LogP contribution in [0, 0.1) is 5.92 Å². The Balaban J connectivity index is 1.80. The molecule has 0 bridgehead atoms. The summed E-state index contributed by atoms with van der Waals surface area (Å²) in [6.07, 6.45) is 3.03. The zero-order valence-electron chi connectivity index (χ0n) is 4.58. The fourth-order valence-electron chi connectivity index (χ4n) is 0.458. The van der Waals surface area contributed by atoms with Gasteiger partial charge in [-0.3, -0.25) is 0 Å². The van der Waals surface area contributed by atoms with Crippen molar-refractivity contribution in [1.82, 2.24) is 3.53 Å². The van der Waals surface area contributed by atoms with E-state index < -0.39 is 0 Å². The van der Waals surface area contributed by atoms with Gasteiger partial charge < -0.3 is 0 Å². The third kappa shape index (κ3) is 2.49. The topological polar surface area (TPSA) is 12.0 Å². The molecule has 0 saturated heterocycles. The molecule has 1 aliphatic carbocycles. The van der Waals surface area contributed by atoms with Gasteiger partial charge in [-0.1, -0.05) is 0 Å². The van der Waals surface area contributed by atoms with Gasteiger partial charge in [0.1, 0.15) is 0 Å². The van der Waals surface area contributed by atoms with E-state index in [-0.39, 0.29) is 0 Å². The molecule has 0 aromatic carbocycles. The van der Waals surface area contributed by atoms with E-state index in [2.05, 4.69) is 10.6 Å². The number of halogens is 1. The van der Waals surface area contributed by atoms with Gasteiger partial charge in [-0.15, -0.1) is 0 Å². The van der Waals surface area contributed by atoms with Crippen molar-refractivity contribution in [2.75, 3.05) is 11.5 Å². The van der Waals surface area contributed by atoms with E-state index in [1.54, 1.807) is 0 Å². The fourth-order valence-corrected chi connectivity index (χ4v) is 2.40. The van der Waals surface area contributed by atoms with Crippen molar-refractivity contribution in [3.8, 4) is 0 Å². The Morgan fingerprint density at radius 1 is 1.71 bits per heavy atom. The summed E-state index contributed by atoms with van der Waals surface area (Å²) in [5.41, 5.74) is 0. The minimum absolute atomic E-state index is 0.400. The van der Waals surface area contributed by atoms with Gasteiger partial charge in [0.2, 0.25) is 0 Å². The van der Waals surface area contributed by atoms with Crippen molar-refractivity contribution >= 4 is 0 Å². The van der Waals surface area contributed by atoms with Crippen LogP contribution in [0.15, 0.2) is 0 Å². The molecule has 0 amide bonds. The molecule has 0 aromatic heterocycles. The van der Waals surface area contributed by atoms with Crippen LogP contribution in [0.25, 0.3) is 0 Å². The number of nitrogens with one attached hydrogen (secondary N) is 1. The van der Waals surface area contributed by atoms with Gasteiger partial charge in [0.15, 0.2) is 0 Å². The second-order valence-electron chi connectivity index (χ2n) is 1.92. The average Bonchev–Trinajstić information content (AvgIpc) is 2.42. The predicted octanol–water partition coefficient (Wildman–Crippen LogP) is -2.38. The Bertz CT molecular complexity index is 52.0. The SMILES string of the molecule is CN[I-]CC1CC1. The van der Waals surface area contributed by atoms with Gasteiger partial charge >= 0.3 is 55.2 Å². The van der Waals surface area contributed by atoms with E-state index in [1.807, 2.05) is 0 Å². The molecule has 7 heavy (non-hydrogen) atoms. The van der Waals surface area contributed by atoms with Crippen molar-refractivity contribution in [1.29, 1.82) is 0 Å². The second kappa shape index (κ2) is 2.87. The molecule has 2 heteroatoms. The molecule has 0 aromatic rings. The van der Waals surface area contributed by atoms with Gasteiger partial charge in [-0.05, 0) is 0 Å². The van der Waals surface area contributed by atoms with E-state index in [4.69, 9.17) is 0 Å². The van der Waals surface area contributed by atoms with Gasteiger partial charge in [0, 0.05) is 0 Å². The van der Waals surface area contributed by atoms with Crippen LogP contribution in [-0.4, -0.2) is 11.5 Å². The molecule has 0 heterocycles. The van der Waals surface area contributed by atoms with Gasteiger partial charge in [0.25, 0.3) is 0 Å². The molecular formula is C5H11IN-. The first kappa shape index (κ1) is 5.82. The van der Waals surface area contributed by atoms with Crippen LogP contribution in [0.3, 0.4) is 0 Å². The second-order valence-corrected chi connectivity index (χ2v) is 4.64. The summed E-state index contributed by atoms with van der Waals surface area (Å²) in [5, 5.41) is 0. The summed E-state index contributed by atoms with van der Waals surface area (Å²) in [6, 6.07) is 0. The van der Waals surface area contributed by atoms with Gasteiger partial charge in [0.05, 0.1) is 0 Å². The Morgan fingerprint density at radius 3 is 2.86 bits per heavy atom. The molecule has 1 fully saturated rings. The minimum atomic E-state index is 0.400. The van der Waals surface area contributed by atoms with E-state index in [0.29, 0.717) is 21.5 Å². The van der Waals surface area contributed by atoms with Crippen LogP contribution in [0.1, 0.15) is 12.8 Å². The van der Waals surface area contributed by atoms with Crippen LogP contribution in [0.2, 0.25) is 0 Å². The maximum atomic E-state index is 3.25. The summed E-state index contributed by atoms with van der Waals surface area (Å²) >= 11 is 0.400. The molecule has 44 valence electrons. The van der Waals surface area contributed by atoms with Crippen molar-refractivity contribution in [2.24, 2.45) is 5.92 Å². The first-order valence-electron chi connectivity index (χ1n) is 2.68. The zero-order valence-corrected chi connectivity index (χ0v) is 6.73. The monoisotopic (exact) mass is 212 g/mol. The van der Waals surface area contributed by atoms with Crippen LogP contribution in [0.4, 0.5) is 0 Å². The third-order valence-electron chi connectivity index (χ3n) is 1.13. The Kier molecular flexibility index (Phi) is 2.38. The Morgan fingerprint density at radius 2 is 2.43 bits per heavy atom. The molecule has 0 unspecified atom stereocenters. The van der Waals surface area contributed by atoms with Crippen LogP contribution < -0.4 is 25.0 Å². The summed E-state index contributed by atoms with van der Waals surface area (Å²) in [6.45, 7) is 0. The standard InChI is InChI=1S/C5H11IN/c1-7-6-4-5-2-3-5/h5,7H,2-4H2,1H3/q-1. The summed E-state index contributed by atoms with van der Waals surface area (Å²) in [5.74, 6) is 1.14. The van der Waals surface area contributed by atoms with E-state index in [0.717, 1.165) is 5.92 Å². The van der Waals surface area contributed by atoms with E-state index in [9.17, 15) is 0 Å². The normalized spacial score (nSPS) is 20.7. The fraction of sp³-hybridized carbons (Fsp3) is 1.00. The molecule has 0 radical (unpaired) electrons. The summed E-state index contributed by atoms with van der Waals surface area (Å²) in [7, 11) is 2.07. The summed E-state index contributed by atoms with van der Waals surface area (Å²) in [4.78, 5) is 0. The molecule has 1 rings (SSSR count).